The minimum absolute atomic E-state index is 0.101. The number of nitrogens with one attached hydrogen (secondary N) is 2. The first-order chi connectivity index (χ1) is 9.53. The molecule has 0 saturated heterocycles. The normalized spacial score (nSPS) is 11.1. The molecular weight excluding hydrogens is 276 g/mol. The average molecular weight is 292 g/mol. The topological polar surface area (TPSA) is 84.0 Å². The lowest BCUT2D eigenvalue weighted by molar-refractivity contribution is 0.600. The molecule has 0 aliphatic carbocycles. The van der Waals surface area contributed by atoms with Crippen LogP contribution >= 0.6 is 0 Å². The van der Waals surface area contributed by atoms with Crippen molar-refractivity contribution in [1.82, 2.24) is 9.97 Å². The van der Waals surface area contributed by atoms with Crippen LogP contribution in [0, 0.1) is 6.92 Å². The van der Waals surface area contributed by atoms with Crippen LogP contribution in [0.1, 0.15) is 12.5 Å². The van der Waals surface area contributed by atoms with E-state index in [-0.39, 0.29) is 4.90 Å². The Labute approximate surface area is 118 Å². The Morgan fingerprint density at radius 1 is 1.20 bits per heavy atom. The van der Waals surface area contributed by atoms with Gasteiger partial charge in [-0.3, -0.25) is 4.72 Å². The molecule has 2 N–H and O–H groups in total. The molecule has 2 aromatic rings. The molecule has 0 saturated carbocycles. The summed E-state index contributed by atoms with van der Waals surface area (Å²) in [6.45, 7) is 4.46. The molecule has 2 aromatic heterocycles. The van der Waals surface area contributed by atoms with Crippen LogP contribution in [0.4, 0.5) is 11.6 Å². The van der Waals surface area contributed by atoms with Gasteiger partial charge in [0.1, 0.15) is 16.5 Å². The molecule has 0 aliphatic heterocycles. The standard InChI is InChI=1S/C13H16N4O2S/c1-3-14-12-7-6-11(9-16-12)20(18,19)17-13-10(2)5-4-8-15-13/h4-9H,3H2,1-2H3,(H,14,16)(H,15,17). The van der Waals surface area contributed by atoms with Gasteiger partial charge in [0.25, 0.3) is 10.0 Å². The third-order valence-electron chi connectivity index (χ3n) is 2.65. The van der Waals surface area contributed by atoms with E-state index in [1.165, 1.54) is 18.5 Å². The van der Waals surface area contributed by atoms with Crippen molar-refractivity contribution in [2.75, 3.05) is 16.6 Å². The Hall–Kier alpha value is -2.15. The van der Waals surface area contributed by atoms with Crippen LogP contribution in [0.3, 0.4) is 0 Å². The first kappa shape index (κ1) is 14.3. The van der Waals surface area contributed by atoms with Crippen molar-refractivity contribution < 1.29 is 8.42 Å². The van der Waals surface area contributed by atoms with Crippen LogP contribution in [-0.4, -0.2) is 24.9 Å². The molecule has 6 nitrogen and oxygen atoms in total. The van der Waals surface area contributed by atoms with Crippen molar-refractivity contribution in [2.24, 2.45) is 0 Å². The molecule has 20 heavy (non-hydrogen) atoms. The van der Waals surface area contributed by atoms with Gasteiger partial charge in [-0.15, -0.1) is 0 Å². The second kappa shape index (κ2) is 5.87. The molecular formula is C13H16N4O2S. The number of aromatic nitrogens is 2. The molecule has 0 amide bonds. The average Bonchev–Trinajstić information content (AvgIpc) is 2.42. The molecule has 0 bridgehead atoms. The summed E-state index contributed by atoms with van der Waals surface area (Å²) in [5.41, 5.74) is 0.758. The maximum absolute atomic E-state index is 12.2. The van der Waals surface area contributed by atoms with Gasteiger partial charge < -0.3 is 5.32 Å². The summed E-state index contributed by atoms with van der Waals surface area (Å²) in [7, 11) is -3.67. The maximum atomic E-state index is 12.2. The number of nitrogens with zero attached hydrogens (tertiary/aromatic N) is 2. The van der Waals surface area contributed by atoms with Crippen LogP contribution < -0.4 is 10.0 Å². The number of hydrogen-bond donors (Lipinski definition) is 2. The fourth-order valence-electron chi connectivity index (χ4n) is 1.60. The van der Waals surface area contributed by atoms with Gasteiger partial charge in [-0.25, -0.2) is 18.4 Å². The van der Waals surface area contributed by atoms with Crippen LogP contribution in [0.15, 0.2) is 41.6 Å². The lowest BCUT2D eigenvalue weighted by Gasteiger charge is -2.09. The summed E-state index contributed by atoms with van der Waals surface area (Å²) in [6.07, 6.45) is 2.86. The summed E-state index contributed by atoms with van der Waals surface area (Å²) >= 11 is 0. The number of sulfonamides is 1. The van der Waals surface area contributed by atoms with Gasteiger partial charge in [0.15, 0.2) is 0 Å². The molecule has 0 aliphatic rings. The molecule has 2 heterocycles. The van der Waals surface area contributed by atoms with Crippen LogP contribution in [0.5, 0.6) is 0 Å². The quantitative estimate of drug-likeness (QED) is 0.880. The Morgan fingerprint density at radius 2 is 2.00 bits per heavy atom. The molecule has 0 radical (unpaired) electrons. The minimum Gasteiger partial charge on any atom is -0.370 e. The number of hydrogen-bond acceptors (Lipinski definition) is 5. The fraction of sp³-hybridized carbons (Fsp3) is 0.231. The van der Waals surface area contributed by atoms with Crippen molar-refractivity contribution in [1.29, 1.82) is 0 Å². The van der Waals surface area contributed by atoms with Gasteiger partial charge in [-0.05, 0) is 37.6 Å². The first-order valence-corrected chi connectivity index (χ1v) is 7.65. The second-order valence-corrected chi connectivity index (χ2v) is 5.87. The van der Waals surface area contributed by atoms with Gasteiger partial charge >= 0.3 is 0 Å². The molecule has 0 fully saturated rings. The fourth-order valence-corrected chi connectivity index (χ4v) is 2.63. The van der Waals surface area contributed by atoms with E-state index in [4.69, 9.17) is 0 Å². The highest BCUT2D eigenvalue weighted by molar-refractivity contribution is 7.92. The van der Waals surface area contributed by atoms with Crippen LogP contribution in [0.2, 0.25) is 0 Å². The molecule has 0 unspecified atom stereocenters. The molecule has 0 spiro atoms. The van der Waals surface area contributed by atoms with E-state index < -0.39 is 10.0 Å². The first-order valence-electron chi connectivity index (χ1n) is 6.17. The zero-order valence-electron chi connectivity index (χ0n) is 11.3. The highest BCUT2D eigenvalue weighted by atomic mass is 32.2. The highest BCUT2D eigenvalue weighted by Crippen LogP contribution is 2.17. The number of anilines is 2. The molecule has 7 heteroatoms. The van der Waals surface area contributed by atoms with Gasteiger partial charge in [-0.1, -0.05) is 6.07 Å². The maximum Gasteiger partial charge on any atom is 0.264 e. The van der Waals surface area contributed by atoms with Gasteiger partial charge in [0.05, 0.1) is 0 Å². The number of rotatable bonds is 5. The van der Waals surface area contributed by atoms with Crippen molar-refractivity contribution in [3.05, 3.63) is 42.2 Å². The van der Waals surface area contributed by atoms with Gasteiger partial charge in [0.2, 0.25) is 0 Å². The van der Waals surface area contributed by atoms with E-state index in [1.807, 2.05) is 6.92 Å². The third-order valence-corrected chi connectivity index (χ3v) is 3.97. The molecule has 0 aromatic carbocycles. The second-order valence-electron chi connectivity index (χ2n) is 4.18. The summed E-state index contributed by atoms with van der Waals surface area (Å²) in [6, 6.07) is 6.67. The van der Waals surface area contributed by atoms with E-state index in [1.54, 1.807) is 25.1 Å². The highest BCUT2D eigenvalue weighted by Gasteiger charge is 2.16. The number of aryl methyl sites for hydroxylation is 1. The van der Waals surface area contributed by atoms with Crippen LogP contribution in [-0.2, 0) is 10.0 Å². The summed E-state index contributed by atoms with van der Waals surface area (Å²) in [4.78, 5) is 8.16. The Morgan fingerprint density at radius 3 is 2.60 bits per heavy atom. The van der Waals surface area contributed by atoms with E-state index in [9.17, 15) is 8.42 Å². The Kier molecular flexibility index (Phi) is 4.19. The smallest absolute Gasteiger partial charge is 0.264 e. The Balaban J connectivity index is 2.24. The predicted octanol–water partition coefficient (Wildman–Crippen LogP) is 2.02. The van der Waals surface area contributed by atoms with Crippen LogP contribution in [0.25, 0.3) is 0 Å². The summed E-state index contributed by atoms with van der Waals surface area (Å²) in [5, 5.41) is 3.01. The van der Waals surface area contributed by atoms with Gasteiger partial charge in [-0.2, -0.15) is 0 Å². The van der Waals surface area contributed by atoms with E-state index in [0.717, 1.165) is 12.1 Å². The minimum atomic E-state index is -3.67. The summed E-state index contributed by atoms with van der Waals surface area (Å²) < 4.78 is 26.9. The van der Waals surface area contributed by atoms with Crippen molar-refractivity contribution in [2.45, 2.75) is 18.7 Å². The number of pyridine rings is 2. The lowest BCUT2D eigenvalue weighted by atomic mass is 10.3. The SMILES string of the molecule is CCNc1ccc(S(=O)(=O)Nc2ncccc2C)cn1. The third kappa shape index (κ3) is 3.24. The largest absolute Gasteiger partial charge is 0.370 e. The Bertz CT molecular complexity index is 684. The van der Waals surface area contributed by atoms with Crippen molar-refractivity contribution in [3.8, 4) is 0 Å². The molecule has 2 rings (SSSR count). The van der Waals surface area contributed by atoms with E-state index >= 15 is 0 Å². The molecule has 0 atom stereocenters. The lowest BCUT2D eigenvalue weighted by Crippen LogP contribution is -2.15. The zero-order valence-corrected chi connectivity index (χ0v) is 12.1. The zero-order chi connectivity index (χ0) is 14.6. The van der Waals surface area contributed by atoms with E-state index in [0.29, 0.717) is 11.6 Å². The van der Waals surface area contributed by atoms with Crippen molar-refractivity contribution in [3.63, 3.8) is 0 Å². The predicted molar refractivity (Wildman–Crippen MR) is 78.2 cm³/mol. The monoisotopic (exact) mass is 292 g/mol. The molecule has 106 valence electrons. The van der Waals surface area contributed by atoms with Crippen molar-refractivity contribution >= 4 is 21.7 Å². The summed E-state index contributed by atoms with van der Waals surface area (Å²) in [5.74, 6) is 0.962. The van der Waals surface area contributed by atoms with Gasteiger partial charge in [0, 0.05) is 18.9 Å². The van der Waals surface area contributed by atoms with E-state index in [2.05, 4.69) is 20.0 Å².